The summed E-state index contributed by atoms with van der Waals surface area (Å²) in [5, 5.41) is 0. The number of rotatable bonds is 2. The number of carbonyl (C=O) groups is 1. The minimum Gasteiger partial charge on any atom is -0.475 e. The molecule has 0 bridgehead atoms. The third kappa shape index (κ3) is 3.08. The van der Waals surface area contributed by atoms with E-state index in [-0.39, 0.29) is 10.4 Å². The second kappa shape index (κ2) is 5.63. The molecule has 0 aromatic heterocycles. The van der Waals surface area contributed by atoms with Gasteiger partial charge in [0.15, 0.2) is 0 Å². The smallest absolute Gasteiger partial charge is 0.430 e. The van der Waals surface area contributed by atoms with Gasteiger partial charge in [0, 0.05) is 5.56 Å². The van der Waals surface area contributed by atoms with Crippen LogP contribution in [0, 0.1) is 6.92 Å². The van der Waals surface area contributed by atoms with Crippen molar-refractivity contribution in [2.45, 2.75) is 19.2 Å². The van der Waals surface area contributed by atoms with Crippen LogP contribution in [0.15, 0.2) is 23.8 Å². The molecule has 2 rings (SSSR count). The van der Waals surface area contributed by atoms with Gasteiger partial charge in [-0.15, -0.1) is 0 Å². The number of halogens is 4. The van der Waals surface area contributed by atoms with Crippen molar-refractivity contribution in [1.29, 1.82) is 0 Å². The molecule has 0 unspecified atom stereocenters. The van der Waals surface area contributed by atoms with Crippen LogP contribution < -0.4 is 4.74 Å². The second-order valence-electron chi connectivity index (χ2n) is 4.22. The Morgan fingerprint density at radius 2 is 2.15 bits per heavy atom. The molecule has 1 atom stereocenters. The Morgan fingerprint density at radius 3 is 2.75 bits per heavy atom. The Bertz CT molecular complexity index is 566. The lowest BCUT2D eigenvalue weighted by atomic mass is 10.00. The van der Waals surface area contributed by atoms with Crippen LogP contribution in [-0.4, -0.2) is 22.9 Å². The van der Waals surface area contributed by atoms with Gasteiger partial charge in [-0.05, 0) is 47.7 Å². The average molecular weight is 398 g/mol. The number of benzene rings is 1. The molecule has 0 saturated heterocycles. The molecule has 3 nitrogen and oxygen atoms in total. The van der Waals surface area contributed by atoms with Gasteiger partial charge in [-0.3, -0.25) is 0 Å². The van der Waals surface area contributed by atoms with Crippen LogP contribution in [0.2, 0.25) is 0 Å². The number of aryl methyl sites for hydroxylation is 1. The Labute approximate surface area is 126 Å². The van der Waals surface area contributed by atoms with Crippen molar-refractivity contribution in [3.8, 4) is 5.75 Å². The van der Waals surface area contributed by atoms with E-state index < -0.39 is 23.8 Å². The molecule has 1 heterocycles. The van der Waals surface area contributed by atoms with Crippen molar-refractivity contribution in [2.75, 3.05) is 4.61 Å². The number of esters is 1. The van der Waals surface area contributed by atoms with E-state index in [0.29, 0.717) is 5.56 Å². The van der Waals surface area contributed by atoms with Crippen molar-refractivity contribution >= 4 is 34.6 Å². The molecule has 0 N–H and O–H groups in total. The van der Waals surface area contributed by atoms with E-state index in [1.165, 1.54) is 12.1 Å². The molecule has 0 fully saturated rings. The summed E-state index contributed by atoms with van der Waals surface area (Å²) in [6, 6.07) is 4.76. The molecular formula is C13H10F3IO3. The Kier molecular flexibility index (Phi) is 4.26. The van der Waals surface area contributed by atoms with Crippen LogP contribution in [0.4, 0.5) is 13.2 Å². The van der Waals surface area contributed by atoms with E-state index in [1.807, 2.05) is 0 Å². The van der Waals surface area contributed by atoms with Crippen molar-refractivity contribution in [2.24, 2.45) is 0 Å². The van der Waals surface area contributed by atoms with Gasteiger partial charge in [0.1, 0.15) is 10.4 Å². The van der Waals surface area contributed by atoms with E-state index in [2.05, 4.69) is 4.74 Å². The summed E-state index contributed by atoms with van der Waals surface area (Å²) in [6.45, 7) is 1.80. The molecule has 1 aliphatic heterocycles. The maximum Gasteiger partial charge on any atom is 0.430 e. The Hall–Kier alpha value is -1.25. The molecule has 0 amide bonds. The van der Waals surface area contributed by atoms with Gasteiger partial charge >= 0.3 is 12.1 Å². The lowest BCUT2D eigenvalue weighted by Gasteiger charge is -2.27. The maximum atomic E-state index is 13.0. The first kappa shape index (κ1) is 15.1. The highest BCUT2D eigenvalue weighted by Crippen LogP contribution is 2.37. The number of hydrogen-bond acceptors (Lipinski definition) is 3. The van der Waals surface area contributed by atoms with Gasteiger partial charge in [0.05, 0.1) is 5.57 Å². The molecule has 1 aliphatic rings. The normalized spacial score (nSPS) is 17.9. The fourth-order valence-corrected chi connectivity index (χ4v) is 2.15. The number of alkyl halides is 4. The van der Waals surface area contributed by atoms with Gasteiger partial charge < -0.3 is 9.47 Å². The van der Waals surface area contributed by atoms with Crippen molar-refractivity contribution in [3.05, 3.63) is 34.9 Å². The van der Waals surface area contributed by atoms with Crippen LogP contribution in [0.5, 0.6) is 5.75 Å². The average Bonchev–Trinajstić information content (AvgIpc) is 2.36. The number of fused-ring (bicyclic) bond motifs is 1. The summed E-state index contributed by atoms with van der Waals surface area (Å²) in [5.74, 6) is -0.919. The van der Waals surface area contributed by atoms with E-state index in [4.69, 9.17) is 4.74 Å². The summed E-state index contributed by atoms with van der Waals surface area (Å²) < 4.78 is 48.5. The maximum absolute atomic E-state index is 13.0. The fourth-order valence-electron chi connectivity index (χ4n) is 1.86. The standard InChI is InChI=1S/C13H10F3IO3/c1-7-2-3-10-8(4-7)5-9(12(18)19-6-17)11(20-10)13(14,15)16/h2-5,11H,6H2,1H3/t11-/m0/s1. The van der Waals surface area contributed by atoms with Crippen LogP contribution in [0.1, 0.15) is 11.1 Å². The summed E-state index contributed by atoms with van der Waals surface area (Å²) >= 11 is 1.74. The predicted octanol–water partition coefficient (Wildman–Crippen LogP) is 3.64. The zero-order chi connectivity index (χ0) is 14.9. The molecule has 0 saturated carbocycles. The summed E-state index contributed by atoms with van der Waals surface area (Å²) in [5.41, 5.74) is 0.758. The van der Waals surface area contributed by atoms with E-state index >= 15 is 0 Å². The van der Waals surface area contributed by atoms with Gasteiger partial charge in [-0.2, -0.15) is 13.2 Å². The lowest BCUT2D eigenvalue weighted by Crippen LogP contribution is -2.40. The minimum atomic E-state index is -4.68. The molecule has 0 aliphatic carbocycles. The zero-order valence-corrected chi connectivity index (χ0v) is 12.5. The quantitative estimate of drug-likeness (QED) is 0.434. The first-order valence-electron chi connectivity index (χ1n) is 5.61. The SMILES string of the molecule is Cc1ccc2c(c1)C=C(C(=O)OCI)[C@@H](C(F)(F)F)O2. The van der Waals surface area contributed by atoms with E-state index in [0.717, 1.165) is 5.56 Å². The van der Waals surface area contributed by atoms with E-state index in [1.54, 1.807) is 41.6 Å². The largest absolute Gasteiger partial charge is 0.475 e. The third-order valence-corrected chi connectivity index (χ3v) is 3.03. The van der Waals surface area contributed by atoms with Crippen LogP contribution in [-0.2, 0) is 9.53 Å². The highest BCUT2D eigenvalue weighted by molar-refractivity contribution is 14.1. The third-order valence-electron chi connectivity index (χ3n) is 2.72. The molecule has 20 heavy (non-hydrogen) atoms. The fraction of sp³-hybridized carbons (Fsp3) is 0.308. The number of carbonyl (C=O) groups excluding carboxylic acids is 1. The molecule has 0 radical (unpaired) electrons. The van der Waals surface area contributed by atoms with Crippen molar-refractivity contribution < 1.29 is 27.4 Å². The molecule has 1 aromatic rings. The predicted molar refractivity (Wildman–Crippen MR) is 74.6 cm³/mol. The van der Waals surface area contributed by atoms with Crippen LogP contribution in [0.3, 0.4) is 0 Å². The van der Waals surface area contributed by atoms with Gasteiger partial charge in [0.25, 0.3) is 0 Å². The highest BCUT2D eigenvalue weighted by atomic mass is 127. The molecule has 7 heteroatoms. The number of hydrogen-bond donors (Lipinski definition) is 0. The van der Waals surface area contributed by atoms with Gasteiger partial charge in [0.2, 0.25) is 6.10 Å². The van der Waals surface area contributed by atoms with E-state index in [9.17, 15) is 18.0 Å². The molecule has 108 valence electrons. The minimum absolute atomic E-state index is 0.0286. The zero-order valence-electron chi connectivity index (χ0n) is 10.3. The first-order valence-corrected chi connectivity index (χ1v) is 7.14. The van der Waals surface area contributed by atoms with Crippen LogP contribution in [0.25, 0.3) is 6.08 Å². The van der Waals surface area contributed by atoms with Crippen LogP contribution >= 0.6 is 22.6 Å². The summed E-state index contributed by atoms with van der Waals surface area (Å²) in [6.07, 6.45) is -5.80. The topological polar surface area (TPSA) is 35.5 Å². The molecular weight excluding hydrogens is 388 g/mol. The van der Waals surface area contributed by atoms with Crippen molar-refractivity contribution in [1.82, 2.24) is 0 Å². The first-order chi connectivity index (χ1) is 9.32. The van der Waals surface area contributed by atoms with Crippen molar-refractivity contribution in [3.63, 3.8) is 0 Å². The highest BCUT2D eigenvalue weighted by Gasteiger charge is 2.48. The molecule has 1 aromatic carbocycles. The lowest BCUT2D eigenvalue weighted by molar-refractivity contribution is -0.187. The Balaban J connectivity index is 2.48. The van der Waals surface area contributed by atoms with Gasteiger partial charge in [-0.1, -0.05) is 11.6 Å². The summed E-state index contributed by atoms with van der Waals surface area (Å²) in [4.78, 5) is 11.7. The monoisotopic (exact) mass is 398 g/mol. The molecule has 0 spiro atoms. The number of ether oxygens (including phenoxy) is 2. The van der Waals surface area contributed by atoms with Gasteiger partial charge in [-0.25, -0.2) is 4.79 Å². The summed E-state index contributed by atoms with van der Waals surface area (Å²) in [7, 11) is 0. The Morgan fingerprint density at radius 1 is 1.45 bits per heavy atom. The second-order valence-corrected chi connectivity index (χ2v) is 4.84.